The minimum Gasteiger partial charge on any atom is -0.393 e. The Hall–Kier alpha value is -0.300. The van der Waals surface area contributed by atoms with Gasteiger partial charge < -0.3 is 5.11 Å². The van der Waals surface area contributed by atoms with E-state index in [1.807, 2.05) is 0 Å². The number of hydrogen-bond donors (Lipinski definition) is 1. The summed E-state index contributed by atoms with van der Waals surface area (Å²) in [6, 6.07) is 0. The number of aliphatic hydroxyl groups excluding tert-OH is 1. The van der Waals surface area contributed by atoms with E-state index in [-0.39, 0.29) is 6.10 Å². The third-order valence-corrected chi connectivity index (χ3v) is 11.1. The molecule has 0 heterocycles. The zero-order chi connectivity index (χ0) is 21.0. The van der Waals surface area contributed by atoms with Crippen LogP contribution in [0.2, 0.25) is 0 Å². The van der Waals surface area contributed by atoms with E-state index in [1.54, 1.807) is 5.57 Å². The minimum absolute atomic E-state index is 0.0790. The lowest BCUT2D eigenvalue weighted by molar-refractivity contribution is -0.0574. The van der Waals surface area contributed by atoms with Crippen molar-refractivity contribution in [1.29, 1.82) is 0 Å². The van der Waals surface area contributed by atoms with Crippen LogP contribution in [-0.2, 0) is 0 Å². The Labute approximate surface area is 181 Å². The maximum Gasteiger partial charge on any atom is 0.0577 e. The largest absolute Gasteiger partial charge is 0.393 e. The molecular formula is C28H48O. The van der Waals surface area contributed by atoms with Crippen molar-refractivity contribution in [3.63, 3.8) is 0 Å². The Balaban J connectivity index is 1.49. The molecule has 0 bridgehead atoms. The number of allylic oxidation sites excluding steroid dienone is 1. The lowest BCUT2D eigenvalue weighted by atomic mass is 9.47. The van der Waals surface area contributed by atoms with Crippen LogP contribution in [0.5, 0.6) is 0 Å². The van der Waals surface area contributed by atoms with Gasteiger partial charge in [0.05, 0.1) is 6.10 Å². The molecule has 4 aliphatic rings. The zero-order valence-corrected chi connectivity index (χ0v) is 20.2. The normalized spacial score (nSPS) is 46.5. The van der Waals surface area contributed by atoms with Crippen molar-refractivity contribution in [3.05, 3.63) is 11.6 Å². The van der Waals surface area contributed by atoms with Crippen LogP contribution in [0.3, 0.4) is 0 Å². The Bertz CT molecular complexity index is 620. The quantitative estimate of drug-likeness (QED) is 0.470. The van der Waals surface area contributed by atoms with Gasteiger partial charge in [-0.05, 0) is 104 Å². The molecule has 0 aromatic heterocycles. The fraction of sp³-hybridized carbons (Fsp3) is 0.929. The molecule has 0 unspecified atom stereocenters. The Morgan fingerprint density at radius 3 is 2.45 bits per heavy atom. The van der Waals surface area contributed by atoms with Crippen molar-refractivity contribution in [2.45, 2.75) is 112 Å². The van der Waals surface area contributed by atoms with Gasteiger partial charge in [0.1, 0.15) is 0 Å². The zero-order valence-electron chi connectivity index (χ0n) is 20.2. The highest BCUT2D eigenvalue weighted by Gasteiger charge is 2.59. The molecule has 4 aliphatic carbocycles. The summed E-state index contributed by atoms with van der Waals surface area (Å²) in [7, 11) is 0. The van der Waals surface area contributed by atoms with Gasteiger partial charge >= 0.3 is 0 Å². The van der Waals surface area contributed by atoms with E-state index in [0.717, 1.165) is 54.3 Å². The van der Waals surface area contributed by atoms with E-state index < -0.39 is 0 Å². The van der Waals surface area contributed by atoms with Crippen LogP contribution >= 0.6 is 0 Å². The smallest absolute Gasteiger partial charge is 0.0577 e. The molecule has 4 rings (SSSR count). The first kappa shape index (κ1) is 21.9. The van der Waals surface area contributed by atoms with Crippen LogP contribution in [0, 0.1) is 52.3 Å². The molecule has 9 atom stereocenters. The molecule has 0 aromatic carbocycles. The average molecular weight is 401 g/mol. The second-order valence-corrected chi connectivity index (χ2v) is 12.7. The number of fused-ring (bicyclic) bond motifs is 5. The topological polar surface area (TPSA) is 20.2 Å². The molecular weight excluding hydrogens is 352 g/mol. The SMILES string of the molecule is CC(C)[C@H](C)CC[C@@H](C)[C@H]1CC[C@@H]2[C@H]3CC=C4C[C@@H](O)CC[C@]4(C)[C@@H]3CC[C@]21C. The Morgan fingerprint density at radius 1 is 0.966 bits per heavy atom. The molecule has 29 heavy (non-hydrogen) atoms. The van der Waals surface area contributed by atoms with Gasteiger partial charge in [0.25, 0.3) is 0 Å². The van der Waals surface area contributed by atoms with E-state index in [1.165, 1.54) is 51.4 Å². The maximum atomic E-state index is 10.2. The summed E-state index contributed by atoms with van der Waals surface area (Å²) < 4.78 is 0. The average Bonchev–Trinajstić information content (AvgIpc) is 3.03. The molecule has 0 spiro atoms. The predicted molar refractivity (Wildman–Crippen MR) is 124 cm³/mol. The lowest BCUT2D eigenvalue weighted by Gasteiger charge is -2.58. The molecule has 166 valence electrons. The number of rotatable bonds is 5. The second kappa shape index (κ2) is 7.99. The summed E-state index contributed by atoms with van der Waals surface area (Å²) in [6.45, 7) is 15.1. The van der Waals surface area contributed by atoms with Crippen molar-refractivity contribution >= 4 is 0 Å². The summed E-state index contributed by atoms with van der Waals surface area (Å²) in [5.41, 5.74) is 2.59. The fourth-order valence-electron chi connectivity index (χ4n) is 8.68. The molecule has 0 saturated heterocycles. The van der Waals surface area contributed by atoms with Crippen LogP contribution in [0.4, 0.5) is 0 Å². The molecule has 0 amide bonds. The van der Waals surface area contributed by atoms with E-state index in [4.69, 9.17) is 0 Å². The van der Waals surface area contributed by atoms with Gasteiger partial charge in [0.15, 0.2) is 0 Å². The second-order valence-electron chi connectivity index (χ2n) is 12.7. The van der Waals surface area contributed by atoms with E-state index >= 15 is 0 Å². The minimum atomic E-state index is -0.0790. The third kappa shape index (κ3) is 3.66. The Kier molecular flexibility index (Phi) is 6.04. The van der Waals surface area contributed by atoms with E-state index in [0.29, 0.717) is 10.8 Å². The predicted octanol–water partition coefficient (Wildman–Crippen LogP) is 7.63. The van der Waals surface area contributed by atoms with Crippen LogP contribution in [-0.4, -0.2) is 11.2 Å². The fourth-order valence-corrected chi connectivity index (χ4v) is 8.68. The summed E-state index contributed by atoms with van der Waals surface area (Å²) in [5.74, 6) is 6.24. The van der Waals surface area contributed by atoms with Crippen molar-refractivity contribution < 1.29 is 5.11 Å². The highest BCUT2D eigenvalue weighted by molar-refractivity contribution is 5.25. The molecule has 0 radical (unpaired) electrons. The van der Waals surface area contributed by atoms with Crippen LogP contribution in [0.25, 0.3) is 0 Å². The van der Waals surface area contributed by atoms with Crippen LogP contribution < -0.4 is 0 Å². The first-order chi connectivity index (χ1) is 13.7. The molecule has 1 heteroatoms. The van der Waals surface area contributed by atoms with Gasteiger partial charge in [-0.2, -0.15) is 0 Å². The molecule has 3 saturated carbocycles. The molecule has 0 aliphatic heterocycles. The van der Waals surface area contributed by atoms with Crippen molar-refractivity contribution in [2.75, 3.05) is 0 Å². The van der Waals surface area contributed by atoms with Crippen LogP contribution in [0.1, 0.15) is 106 Å². The van der Waals surface area contributed by atoms with Crippen LogP contribution in [0.15, 0.2) is 11.6 Å². The summed E-state index contributed by atoms with van der Waals surface area (Å²) in [4.78, 5) is 0. The van der Waals surface area contributed by atoms with Crippen molar-refractivity contribution in [1.82, 2.24) is 0 Å². The van der Waals surface area contributed by atoms with Gasteiger partial charge in [-0.25, -0.2) is 0 Å². The number of aliphatic hydroxyl groups is 1. The molecule has 1 N–H and O–H groups in total. The summed E-state index contributed by atoms with van der Waals surface area (Å²) in [6.07, 6.45) is 15.7. The highest BCUT2D eigenvalue weighted by Crippen LogP contribution is 2.67. The van der Waals surface area contributed by atoms with Gasteiger partial charge in [0.2, 0.25) is 0 Å². The monoisotopic (exact) mass is 400 g/mol. The maximum absolute atomic E-state index is 10.2. The number of hydrogen-bond acceptors (Lipinski definition) is 1. The summed E-state index contributed by atoms with van der Waals surface area (Å²) in [5, 5.41) is 10.2. The lowest BCUT2D eigenvalue weighted by Crippen LogP contribution is -2.50. The first-order valence-electron chi connectivity index (χ1n) is 13.0. The highest BCUT2D eigenvalue weighted by atomic mass is 16.3. The van der Waals surface area contributed by atoms with E-state index in [9.17, 15) is 5.11 Å². The van der Waals surface area contributed by atoms with Crippen molar-refractivity contribution in [2.24, 2.45) is 52.3 Å². The molecule has 0 aromatic rings. The van der Waals surface area contributed by atoms with Gasteiger partial charge in [-0.15, -0.1) is 0 Å². The van der Waals surface area contributed by atoms with Gasteiger partial charge in [0, 0.05) is 0 Å². The van der Waals surface area contributed by atoms with E-state index in [2.05, 4.69) is 47.6 Å². The third-order valence-electron chi connectivity index (χ3n) is 11.1. The van der Waals surface area contributed by atoms with Gasteiger partial charge in [-0.1, -0.05) is 66.0 Å². The Morgan fingerprint density at radius 2 is 1.72 bits per heavy atom. The standard InChI is InChI=1S/C28H48O/c1-18(2)19(3)7-8-20(4)24-11-12-25-23-10-9-21-17-22(29)13-15-27(21,5)26(23)14-16-28(24,25)6/h9,18-20,22-26,29H,7-8,10-17H2,1-6H3/t19-,20-,22+,23-,24-,25-,26-,27+,28+/m1/s1. The first-order valence-corrected chi connectivity index (χ1v) is 13.0. The molecule has 3 fully saturated rings. The van der Waals surface area contributed by atoms with Crippen molar-refractivity contribution in [3.8, 4) is 0 Å². The summed E-state index contributed by atoms with van der Waals surface area (Å²) >= 11 is 0. The molecule has 1 nitrogen and oxygen atoms in total. The van der Waals surface area contributed by atoms with Gasteiger partial charge in [-0.3, -0.25) is 0 Å².